The standard InChI is InChI=1S/C12H16N2O/c1-2-12(15)10-5-3-4-6-11(10)14-8-7-13-9-14/h3-6,9,12,15H,2,7-8H2,1H3. The van der Waals surface area contributed by atoms with Crippen LogP contribution in [-0.4, -0.2) is 24.5 Å². The van der Waals surface area contributed by atoms with Crippen molar-refractivity contribution >= 4 is 12.0 Å². The Morgan fingerprint density at radius 3 is 2.93 bits per heavy atom. The van der Waals surface area contributed by atoms with E-state index in [9.17, 15) is 5.11 Å². The molecule has 0 saturated heterocycles. The van der Waals surface area contributed by atoms with Crippen molar-refractivity contribution in [3.8, 4) is 0 Å². The van der Waals surface area contributed by atoms with Crippen LogP contribution in [0.1, 0.15) is 25.0 Å². The molecule has 1 aliphatic rings. The Bertz CT molecular complexity index is 362. The number of anilines is 1. The molecule has 0 saturated carbocycles. The summed E-state index contributed by atoms with van der Waals surface area (Å²) in [4.78, 5) is 6.28. The fourth-order valence-electron chi connectivity index (χ4n) is 1.81. The number of benzene rings is 1. The second kappa shape index (κ2) is 4.45. The lowest BCUT2D eigenvalue weighted by molar-refractivity contribution is 0.174. The van der Waals surface area contributed by atoms with Gasteiger partial charge in [-0.05, 0) is 12.5 Å². The van der Waals surface area contributed by atoms with Gasteiger partial charge < -0.3 is 10.0 Å². The Hall–Kier alpha value is -1.35. The minimum absolute atomic E-state index is 0.379. The number of hydrogen-bond acceptors (Lipinski definition) is 3. The highest BCUT2D eigenvalue weighted by Gasteiger charge is 2.15. The predicted molar refractivity (Wildman–Crippen MR) is 62.4 cm³/mol. The van der Waals surface area contributed by atoms with Crippen molar-refractivity contribution in [2.75, 3.05) is 18.0 Å². The van der Waals surface area contributed by atoms with E-state index in [0.717, 1.165) is 30.8 Å². The van der Waals surface area contributed by atoms with Gasteiger partial charge in [-0.25, -0.2) is 0 Å². The lowest BCUT2D eigenvalue weighted by Crippen LogP contribution is -2.20. The number of aliphatic imine (C=N–C) groups is 1. The summed E-state index contributed by atoms with van der Waals surface area (Å²) in [6.45, 7) is 3.74. The van der Waals surface area contributed by atoms with Crippen LogP contribution in [0, 0.1) is 0 Å². The Morgan fingerprint density at radius 2 is 2.27 bits per heavy atom. The first-order valence-corrected chi connectivity index (χ1v) is 5.36. The zero-order valence-corrected chi connectivity index (χ0v) is 8.93. The molecule has 1 aromatic carbocycles. The van der Waals surface area contributed by atoms with Gasteiger partial charge in [-0.2, -0.15) is 0 Å². The molecule has 2 rings (SSSR count). The third-order valence-corrected chi connectivity index (χ3v) is 2.68. The molecule has 3 nitrogen and oxygen atoms in total. The fourth-order valence-corrected chi connectivity index (χ4v) is 1.81. The lowest BCUT2D eigenvalue weighted by Gasteiger charge is -2.20. The highest BCUT2D eigenvalue weighted by Crippen LogP contribution is 2.28. The van der Waals surface area contributed by atoms with Gasteiger partial charge in [-0.3, -0.25) is 4.99 Å². The molecule has 0 amide bonds. The second-order valence-corrected chi connectivity index (χ2v) is 3.70. The third kappa shape index (κ3) is 2.02. The van der Waals surface area contributed by atoms with Crippen molar-refractivity contribution in [3.05, 3.63) is 29.8 Å². The van der Waals surface area contributed by atoms with Gasteiger partial charge in [0.25, 0.3) is 0 Å². The minimum Gasteiger partial charge on any atom is -0.388 e. The van der Waals surface area contributed by atoms with E-state index in [1.54, 1.807) is 0 Å². The van der Waals surface area contributed by atoms with E-state index in [2.05, 4.69) is 9.89 Å². The predicted octanol–water partition coefficient (Wildman–Crippen LogP) is 1.98. The van der Waals surface area contributed by atoms with Crippen LogP contribution in [0.25, 0.3) is 0 Å². The number of aliphatic hydroxyl groups is 1. The van der Waals surface area contributed by atoms with Crippen LogP contribution in [0.4, 0.5) is 5.69 Å². The molecule has 3 heteroatoms. The van der Waals surface area contributed by atoms with Crippen LogP contribution >= 0.6 is 0 Å². The first-order chi connectivity index (χ1) is 7.33. The van der Waals surface area contributed by atoms with Crippen molar-refractivity contribution in [2.45, 2.75) is 19.4 Å². The van der Waals surface area contributed by atoms with Gasteiger partial charge in [0.05, 0.1) is 19.0 Å². The molecule has 0 fully saturated rings. The van der Waals surface area contributed by atoms with Crippen molar-refractivity contribution in [2.24, 2.45) is 4.99 Å². The molecule has 0 bridgehead atoms. The van der Waals surface area contributed by atoms with Gasteiger partial charge in [0.2, 0.25) is 0 Å². The molecule has 1 atom stereocenters. The van der Waals surface area contributed by atoms with E-state index in [-0.39, 0.29) is 6.10 Å². The summed E-state index contributed by atoms with van der Waals surface area (Å²) < 4.78 is 0. The smallest absolute Gasteiger partial charge is 0.0895 e. The Labute approximate surface area is 90.1 Å². The first-order valence-electron chi connectivity index (χ1n) is 5.36. The molecule has 1 N–H and O–H groups in total. The number of rotatable bonds is 3. The highest BCUT2D eigenvalue weighted by molar-refractivity contribution is 5.82. The summed E-state index contributed by atoms with van der Waals surface area (Å²) in [5.41, 5.74) is 2.07. The summed E-state index contributed by atoms with van der Waals surface area (Å²) in [6.07, 6.45) is 2.21. The average Bonchev–Trinajstić information content (AvgIpc) is 2.81. The van der Waals surface area contributed by atoms with Crippen LogP contribution in [0.15, 0.2) is 29.3 Å². The van der Waals surface area contributed by atoms with E-state index < -0.39 is 0 Å². The van der Waals surface area contributed by atoms with Gasteiger partial charge >= 0.3 is 0 Å². The molecule has 1 aliphatic heterocycles. The van der Waals surface area contributed by atoms with E-state index in [1.165, 1.54) is 0 Å². The van der Waals surface area contributed by atoms with Gasteiger partial charge in [0.15, 0.2) is 0 Å². The molecule has 1 aromatic rings. The summed E-state index contributed by atoms with van der Waals surface area (Å²) in [6, 6.07) is 7.97. The van der Waals surface area contributed by atoms with Crippen molar-refractivity contribution in [1.29, 1.82) is 0 Å². The van der Waals surface area contributed by atoms with Crippen LogP contribution < -0.4 is 4.90 Å². The summed E-state index contributed by atoms with van der Waals surface area (Å²) in [7, 11) is 0. The molecular formula is C12H16N2O. The lowest BCUT2D eigenvalue weighted by atomic mass is 10.0. The Morgan fingerprint density at radius 1 is 1.47 bits per heavy atom. The van der Waals surface area contributed by atoms with E-state index in [1.807, 2.05) is 37.5 Å². The van der Waals surface area contributed by atoms with Gasteiger partial charge in [0.1, 0.15) is 0 Å². The average molecular weight is 204 g/mol. The zero-order chi connectivity index (χ0) is 10.7. The summed E-state index contributed by atoms with van der Waals surface area (Å²) >= 11 is 0. The summed E-state index contributed by atoms with van der Waals surface area (Å²) in [5, 5.41) is 9.90. The quantitative estimate of drug-likeness (QED) is 0.817. The van der Waals surface area contributed by atoms with Crippen molar-refractivity contribution in [3.63, 3.8) is 0 Å². The monoisotopic (exact) mass is 204 g/mol. The van der Waals surface area contributed by atoms with E-state index in [4.69, 9.17) is 0 Å². The highest BCUT2D eigenvalue weighted by atomic mass is 16.3. The maximum atomic E-state index is 9.90. The zero-order valence-electron chi connectivity index (χ0n) is 8.93. The van der Waals surface area contributed by atoms with Crippen LogP contribution in [0.5, 0.6) is 0 Å². The number of hydrogen-bond donors (Lipinski definition) is 1. The second-order valence-electron chi connectivity index (χ2n) is 3.70. The first kappa shape index (κ1) is 10.2. The molecule has 0 radical (unpaired) electrons. The van der Waals surface area contributed by atoms with Crippen molar-refractivity contribution < 1.29 is 5.11 Å². The molecule has 1 unspecified atom stereocenters. The number of para-hydroxylation sites is 1. The van der Waals surface area contributed by atoms with Gasteiger partial charge in [-0.15, -0.1) is 0 Å². The van der Waals surface area contributed by atoms with E-state index in [0.29, 0.717) is 0 Å². The third-order valence-electron chi connectivity index (χ3n) is 2.68. The van der Waals surface area contributed by atoms with Crippen LogP contribution in [0.2, 0.25) is 0 Å². The largest absolute Gasteiger partial charge is 0.388 e. The van der Waals surface area contributed by atoms with Crippen LogP contribution in [-0.2, 0) is 0 Å². The number of nitrogens with zero attached hydrogens (tertiary/aromatic N) is 2. The van der Waals surface area contributed by atoms with Gasteiger partial charge in [-0.1, -0.05) is 25.1 Å². The molecular weight excluding hydrogens is 188 g/mol. The van der Waals surface area contributed by atoms with E-state index >= 15 is 0 Å². The fraction of sp³-hybridized carbons (Fsp3) is 0.417. The van der Waals surface area contributed by atoms with Gasteiger partial charge in [0, 0.05) is 17.8 Å². The van der Waals surface area contributed by atoms with Crippen molar-refractivity contribution in [1.82, 2.24) is 0 Å². The molecule has 80 valence electrons. The van der Waals surface area contributed by atoms with Crippen LogP contribution in [0.3, 0.4) is 0 Å². The normalized spacial score (nSPS) is 17.1. The Kier molecular flexibility index (Phi) is 3.02. The molecule has 0 aliphatic carbocycles. The maximum Gasteiger partial charge on any atom is 0.0895 e. The topological polar surface area (TPSA) is 35.8 Å². The maximum absolute atomic E-state index is 9.90. The summed E-state index contributed by atoms with van der Waals surface area (Å²) in [5.74, 6) is 0. The Balaban J connectivity index is 2.32. The molecule has 1 heterocycles. The SMILES string of the molecule is CCC(O)c1ccccc1N1C=NCC1. The number of aliphatic hydroxyl groups excluding tert-OH is 1. The molecule has 15 heavy (non-hydrogen) atoms. The molecule has 0 aromatic heterocycles. The molecule has 0 spiro atoms. The minimum atomic E-state index is -0.379.